The van der Waals surface area contributed by atoms with Gasteiger partial charge < -0.3 is 21.7 Å². The number of carbonyl (C=O) groups is 5. The van der Waals surface area contributed by atoms with E-state index >= 15 is 0 Å². The number of hydrogen-bond donors (Lipinski definition) is 4. The third-order valence-corrected chi connectivity index (χ3v) is 7.24. The maximum Gasteiger partial charge on any atom is 0.235 e. The van der Waals surface area contributed by atoms with E-state index in [1.54, 1.807) is 6.07 Å². The third-order valence-electron chi connectivity index (χ3n) is 7.24. The van der Waals surface area contributed by atoms with Crippen molar-refractivity contribution in [1.29, 1.82) is 0 Å². The number of ketones is 4. The maximum absolute atomic E-state index is 13.6. The highest BCUT2D eigenvalue weighted by Crippen LogP contribution is 2.51. The highest BCUT2D eigenvalue weighted by Gasteiger charge is 2.66. The molecule has 3 aliphatic rings. The van der Waals surface area contributed by atoms with Crippen LogP contribution < -0.4 is 11.5 Å². The lowest BCUT2D eigenvalue weighted by Crippen LogP contribution is -2.68. The van der Waals surface area contributed by atoms with Crippen LogP contribution in [0.15, 0.2) is 24.5 Å². The fourth-order valence-corrected chi connectivity index (χ4v) is 5.69. The number of fused-ring (bicyclic) bond motifs is 3. The van der Waals surface area contributed by atoms with Gasteiger partial charge in [0.2, 0.25) is 5.91 Å². The predicted octanol–water partition coefficient (Wildman–Crippen LogP) is -0.634. The molecule has 0 spiro atoms. The SMILES string of the molecule is NC(=O)C1C(=O)C[C@@H]2C[C@@H]3Cc4c(-c5ncccn5)cc(N)c(O)c4C(=O)C3C(=O)[C@]2(O)C1=O. The van der Waals surface area contributed by atoms with E-state index in [1.165, 1.54) is 18.5 Å². The number of aliphatic hydroxyl groups is 1. The van der Waals surface area contributed by atoms with Crippen LogP contribution in [-0.2, 0) is 25.6 Å². The maximum atomic E-state index is 13.6. The molecule has 3 aliphatic carbocycles. The number of nitrogens with two attached hydrogens (primary N) is 2. The number of carbonyl (C=O) groups excluding carboxylic acids is 5. The van der Waals surface area contributed by atoms with Crippen LogP contribution in [0.2, 0.25) is 0 Å². The lowest BCUT2D eigenvalue weighted by Gasteiger charge is -2.48. The van der Waals surface area contributed by atoms with Crippen molar-refractivity contribution in [1.82, 2.24) is 9.97 Å². The van der Waals surface area contributed by atoms with Gasteiger partial charge in [-0.3, -0.25) is 24.0 Å². The lowest BCUT2D eigenvalue weighted by atomic mass is 9.53. The Bertz CT molecular complexity index is 1310. The smallest absolute Gasteiger partial charge is 0.235 e. The summed E-state index contributed by atoms with van der Waals surface area (Å²) in [6.07, 6.45) is 2.73. The average molecular weight is 464 g/mol. The molecule has 5 rings (SSSR count). The van der Waals surface area contributed by atoms with E-state index in [0.717, 1.165) is 0 Å². The van der Waals surface area contributed by atoms with E-state index in [9.17, 15) is 34.2 Å². The molecule has 6 N–H and O–H groups in total. The second-order valence-electron chi connectivity index (χ2n) is 9.03. The number of phenolic OH excluding ortho intramolecular Hbond substituents is 1. The van der Waals surface area contributed by atoms with Gasteiger partial charge in [0.25, 0.3) is 0 Å². The summed E-state index contributed by atoms with van der Waals surface area (Å²) in [7, 11) is 0. The summed E-state index contributed by atoms with van der Waals surface area (Å²) in [6.45, 7) is 0. The topological polar surface area (TPSA) is 204 Å². The highest BCUT2D eigenvalue weighted by molar-refractivity contribution is 6.31. The van der Waals surface area contributed by atoms with Gasteiger partial charge >= 0.3 is 0 Å². The minimum atomic E-state index is -2.69. The molecular weight excluding hydrogens is 444 g/mol. The number of benzene rings is 1. The number of rotatable bonds is 2. The molecule has 5 atom stereocenters. The number of Topliss-reactive ketones (excluding diaryl/α,β-unsaturated/α-hetero) is 4. The van der Waals surface area contributed by atoms with Crippen LogP contribution in [0.25, 0.3) is 11.4 Å². The molecule has 1 aromatic heterocycles. The predicted molar refractivity (Wildman–Crippen MR) is 114 cm³/mol. The molecule has 2 saturated carbocycles. The van der Waals surface area contributed by atoms with Crippen molar-refractivity contribution in [2.45, 2.75) is 24.9 Å². The first-order valence-corrected chi connectivity index (χ1v) is 10.7. The van der Waals surface area contributed by atoms with Crippen molar-refractivity contribution in [3.05, 3.63) is 35.7 Å². The molecule has 0 aliphatic heterocycles. The zero-order valence-corrected chi connectivity index (χ0v) is 17.7. The number of hydrogen-bond acceptors (Lipinski definition) is 10. The summed E-state index contributed by atoms with van der Waals surface area (Å²) in [6, 6.07) is 3.06. The molecular formula is C23H20N4O7. The van der Waals surface area contributed by atoms with Crippen LogP contribution in [0.5, 0.6) is 5.75 Å². The summed E-state index contributed by atoms with van der Waals surface area (Å²) < 4.78 is 0. The molecule has 1 aromatic carbocycles. The van der Waals surface area contributed by atoms with Crippen molar-refractivity contribution in [3.8, 4) is 17.1 Å². The molecule has 34 heavy (non-hydrogen) atoms. The Kier molecular flexibility index (Phi) is 4.66. The van der Waals surface area contributed by atoms with Crippen LogP contribution in [0.4, 0.5) is 5.69 Å². The zero-order chi connectivity index (χ0) is 24.5. The van der Waals surface area contributed by atoms with Crippen molar-refractivity contribution < 1.29 is 34.2 Å². The van der Waals surface area contributed by atoms with Gasteiger partial charge in [0, 0.05) is 30.3 Å². The number of nitrogen functional groups attached to an aromatic ring is 1. The second-order valence-corrected chi connectivity index (χ2v) is 9.03. The van der Waals surface area contributed by atoms with Crippen LogP contribution in [0.1, 0.15) is 28.8 Å². The average Bonchev–Trinajstić information content (AvgIpc) is 2.79. The molecule has 0 bridgehead atoms. The summed E-state index contributed by atoms with van der Waals surface area (Å²) in [5.74, 6) is -10.6. The van der Waals surface area contributed by atoms with Crippen LogP contribution in [0, 0.1) is 23.7 Å². The molecule has 1 heterocycles. The summed E-state index contributed by atoms with van der Waals surface area (Å²) >= 11 is 0. The first kappa shape index (κ1) is 21.8. The quantitative estimate of drug-likeness (QED) is 0.251. The summed E-state index contributed by atoms with van der Waals surface area (Å²) in [5.41, 5.74) is 8.91. The molecule has 2 fully saturated rings. The number of anilines is 1. The second kappa shape index (κ2) is 7.26. The minimum Gasteiger partial charge on any atom is -0.505 e. The van der Waals surface area contributed by atoms with Crippen molar-refractivity contribution in [3.63, 3.8) is 0 Å². The number of phenols is 1. The third kappa shape index (κ3) is 2.76. The lowest BCUT2D eigenvalue weighted by molar-refractivity contribution is -0.175. The van der Waals surface area contributed by atoms with E-state index in [2.05, 4.69) is 9.97 Å². The van der Waals surface area contributed by atoms with Gasteiger partial charge in [0.1, 0.15) is 5.75 Å². The van der Waals surface area contributed by atoms with E-state index in [1.807, 2.05) is 0 Å². The van der Waals surface area contributed by atoms with Crippen molar-refractivity contribution in [2.24, 2.45) is 29.4 Å². The number of aromatic nitrogens is 2. The van der Waals surface area contributed by atoms with Crippen LogP contribution in [0.3, 0.4) is 0 Å². The van der Waals surface area contributed by atoms with Gasteiger partial charge in [-0.25, -0.2) is 9.97 Å². The number of nitrogens with zero attached hydrogens (tertiary/aromatic N) is 2. The van der Waals surface area contributed by atoms with Crippen LogP contribution in [-0.4, -0.2) is 54.8 Å². The Morgan fingerprint density at radius 2 is 1.76 bits per heavy atom. The molecule has 11 nitrogen and oxygen atoms in total. The van der Waals surface area contributed by atoms with Crippen LogP contribution >= 0.6 is 0 Å². The van der Waals surface area contributed by atoms with E-state index in [-0.39, 0.29) is 29.9 Å². The molecule has 0 radical (unpaired) electrons. The number of primary amides is 1. The van der Waals surface area contributed by atoms with Crippen molar-refractivity contribution in [2.75, 3.05) is 5.73 Å². The molecule has 174 valence electrons. The van der Waals surface area contributed by atoms with Gasteiger partial charge in [0.05, 0.1) is 17.2 Å². The van der Waals surface area contributed by atoms with E-state index < -0.39 is 70.5 Å². The molecule has 2 unspecified atom stereocenters. The van der Waals surface area contributed by atoms with Gasteiger partial charge in [-0.15, -0.1) is 0 Å². The first-order valence-electron chi connectivity index (χ1n) is 10.7. The normalized spacial score (nSPS) is 30.4. The zero-order valence-electron chi connectivity index (χ0n) is 17.7. The Labute approximate surface area is 192 Å². The first-order chi connectivity index (χ1) is 16.1. The fraction of sp³-hybridized carbons (Fsp3) is 0.348. The standard InChI is InChI=1S/C23H20N4O7/c24-12-7-11(22-26-2-1-3-27-22)10-5-8-4-9-6-13(28)16(21(25)33)20(32)23(9,34)19(31)14(8)18(30)15(10)17(12)29/h1-3,7-9,14,16,29,34H,4-6,24H2,(H2,25,33)/t8-,9+,14?,16?,23+/m1/s1. The van der Waals surface area contributed by atoms with E-state index in [0.29, 0.717) is 11.1 Å². The Balaban J connectivity index is 1.65. The number of aromatic hydroxyl groups is 1. The van der Waals surface area contributed by atoms with Gasteiger partial charge in [0.15, 0.2) is 40.5 Å². The van der Waals surface area contributed by atoms with Gasteiger partial charge in [-0.2, -0.15) is 0 Å². The highest BCUT2D eigenvalue weighted by atomic mass is 16.3. The Morgan fingerprint density at radius 3 is 2.41 bits per heavy atom. The minimum absolute atomic E-state index is 0.00126. The van der Waals surface area contributed by atoms with Gasteiger partial charge in [-0.1, -0.05) is 0 Å². The largest absolute Gasteiger partial charge is 0.505 e. The molecule has 0 saturated heterocycles. The monoisotopic (exact) mass is 464 g/mol. The van der Waals surface area contributed by atoms with E-state index in [4.69, 9.17) is 11.5 Å². The van der Waals surface area contributed by atoms with Gasteiger partial charge in [-0.05, 0) is 36.5 Å². The summed E-state index contributed by atoms with van der Waals surface area (Å²) in [4.78, 5) is 72.5. The molecule has 1 amide bonds. The fourth-order valence-electron chi connectivity index (χ4n) is 5.69. The van der Waals surface area contributed by atoms with Crippen molar-refractivity contribution >= 4 is 34.7 Å². The Hall–Kier alpha value is -3.99. The number of amides is 1. The summed E-state index contributed by atoms with van der Waals surface area (Å²) in [5, 5.41) is 21.8. The Morgan fingerprint density at radius 1 is 1.09 bits per heavy atom. The molecule has 11 heteroatoms. The molecule has 2 aromatic rings.